The Morgan fingerprint density at radius 3 is 3.08 bits per heavy atom. The summed E-state index contributed by atoms with van der Waals surface area (Å²) >= 11 is 5.68. The molecule has 0 unspecified atom stereocenters. The molecular weight excluding hydrogens is 198 g/mol. The summed E-state index contributed by atoms with van der Waals surface area (Å²) < 4.78 is 5.85. The first-order valence-electron chi connectivity index (χ1n) is 3.34. The average Bonchev–Trinajstić information content (AvgIpc) is 2.65. The average molecular weight is 202 g/mol. The number of aromatic nitrogens is 5. The first-order valence-corrected chi connectivity index (χ1v) is 3.72. The number of nitrogens with one attached hydrogen (secondary N) is 1. The Morgan fingerprint density at radius 2 is 2.54 bits per heavy atom. The highest BCUT2D eigenvalue weighted by molar-refractivity contribution is 6.31. The normalized spacial score (nSPS) is 10.5. The van der Waals surface area contributed by atoms with E-state index in [1.165, 1.54) is 6.20 Å². The molecule has 0 atom stereocenters. The molecule has 0 aromatic carbocycles. The summed E-state index contributed by atoms with van der Waals surface area (Å²) in [5.41, 5.74) is -0.424. The predicted octanol–water partition coefficient (Wildman–Crippen LogP) is -0.344. The first kappa shape index (κ1) is 7.99. The van der Waals surface area contributed by atoms with Crippen molar-refractivity contribution in [3.8, 4) is 0 Å². The van der Waals surface area contributed by atoms with Gasteiger partial charge >= 0.3 is 5.69 Å². The fourth-order valence-corrected chi connectivity index (χ4v) is 0.947. The van der Waals surface area contributed by atoms with Gasteiger partial charge in [-0.3, -0.25) is 0 Å². The maximum atomic E-state index is 10.9. The molecule has 0 aliphatic carbocycles. The molecule has 7 nitrogen and oxygen atoms in total. The molecule has 2 rings (SSSR count). The van der Waals surface area contributed by atoms with Crippen LogP contribution in [-0.4, -0.2) is 25.4 Å². The molecule has 1 N–H and O–H groups in total. The molecule has 2 aromatic rings. The van der Waals surface area contributed by atoms with Gasteiger partial charge in [-0.1, -0.05) is 16.8 Å². The van der Waals surface area contributed by atoms with Crippen molar-refractivity contribution in [2.45, 2.75) is 6.54 Å². The molecule has 0 fully saturated rings. The number of rotatable bonds is 2. The minimum Gasteiger partial charge on any atom is -0.358 e. The molecule has 2 aromatic heterocycles. The lowest BCUT2D eigenvalue weighted by Gasteiger charge is -1.92. The van der Waals surface area contributed by atoms with E-state index in [1.54, 1.807) is 0 Å². The molecule has 0 aliphatic heterocycles. The Morgan fingerprint density at radius 1 is 1.69 bits per heavy atom. The monoisotopic (exact) mass is 201 g/mol. The molecule has 0 saturated heterocycles. The van der Waals surface area contributed by atoms with Gasteiger partial charge in [0.1, 0.15) is 11.6 Å². The topological polar surface area (TPSA) is 89.6 Å². The summed E-state index contributed by atoms with van der Waals surface area (Å²) in [4.78, 5) is 10.9. The number of tetrazole rings is 1. The van der Waals surface area contributed by atoms with Crippen LogP contribution < -0.4 is 5.69 Å². The molecule has 8 heteroatoms. The maximum Gasteiger partial charge on any atom is 0.361 e. The van der Waals surface area contributed by atoms with E-state index in [-0.39, 0.29) is 6.54 Å². The zero-order valence-corrected chi connectivity index (χ0v) is 7.02. The molecule has 0 spiro atoms. The van der Waals surface area contributed by atoms with Gasteiger partial charge in [-0.25, -0.2) is 9.89 Å². The van der Waals surface area contributed by atoms with E-state index in [4.69, 9.17) is 16.1 Å². The fourth-order valence-electron chi connectivity index (χ4n) is 0.813. The largest absolute Gasteiger partial charge is 0.361 e. The summed E-state index contributed by atoms with van der Waals surface area (Å²) in [6.07, 6.45) is 1.35. The highest BCUT2D eigenvalue weighted by Gasteiger charge is 2.08. The van der Waals surface area contributed by atoms with Crippen LogP contribution in [0.4, 0.5) is 0 Å². The summed E-state index contributed by atoms with van der Waals surface area (Å²) in [6.45, 7) is 0.119. The molecular formula is C5H4ClN5O2. The SMILES string of the molecule is O=c1[nH]nnn1Cc1oncc1Cl. The summed E-state index contributed by atoms with van der Waals surface area (Å²) in [5.74, 6) is 0.373. The summed E-state index contributed by atoms with van der Waals surface area (Å²) in [7, 11) is 0. The Balaban J connectivity index is 2.29. The Hall–Kier alpha value is -1.63. The second-order valence-electron chi connectivity index (χ2n) is 2.26. The number of nitrogens with zero attached hydrogens (tertiary/aromatic N) is 4. The molecule has 0 aliphatic rings. The summed E-state index contributed by atoms with van der Waals surface area (Å²) in [6, 6.07) is 0. The zero-order valence-electron chi connectivity index (χ0n) is 6.27. The van der Waals surface area contributed by atoms with Crippen molar-refractivity contribution in [2.75, 3.05) is 0 Å². The number of halogens is 1. The van der Waals surface area contributed by atoms with Crippen molar-refractivity contribution in [3.05, 3.63) is 27.5 Å². The number of hydrogen-bond acceptors (Lipinski definition) is 5. The molecule has 0 saturated carbocycles. The predicted molar refractivity (Wildman–Crippen MR) is 41.3 cm³/mol. The van der Waals surface area contributed by atoms with E-state index >= 15 is 0 Å². The second-order valence-corrected chi connectivity index (χ2v) is 2.67. The van der Waals surface area contributed by atoms with Crippen LogP contribution in [0.1, 0.15) is 5.76 Å². The van der Waals surface area contributed by atoms with Gasteiger partial charge in [0.2, 0.25) is 0 Å². The molecule has 68 valence electrons. The van der Waals surface area contributed by atoms with Crippen LogP contribution in [0.25, 0.3) is 0 Å². The van der Waals surface area contributed by atoms with Gasteiger partial charge in [-0.05, 0) is 10.4 Å². The van der Waals surface area contributed by atoms with Crippen LogP contribution in [0.5, 0.6) is 0 Å². The van der Waals surface area contributed by atoms with Crippen LogP contribution in [0, 0.1) is 0 Å². The van der Waals surface area contributed by atoms with Crippen LogP contribution in [-0.2, 0) is 6.54 Å². The van der Waals surface area contributed by atoms with Crippen molar-refractivity contribution < 1.29 is 4.52 Å². The Bertz CT molecular complexity index is 457. The molecule has 0 amide bonds. The molecule has 2 heterocycles. The van der Waals surface area contributed by atoms with E-state index in [1.807, 2.05) is 0 Å². The van der Waals surface area contributed by atoms with Crippen molar-refractivity contribution in [1.29, 1.82) is 0 Å². The van der Waals surface area contributed by atoms with Crippen LogP contribution in [0.2, 0.25) is 5.02 Å². The number of aromatic amines is 1. The van der Waals surface area contributed by atoms with Gasteiger partial charge in [-0.2, -0.15) is 4.68 Å². The van der Waals surface area contributed by atoms with E-state index < -0.39 is 5.69 Å². The van der Waals surface area contributed by atoms with Gasteiger partial charge in [0.15, 0.2) is 5.76 Å². The van der Waals surface area contributed by atoms with E-state index in [0.29, 0.717) is 10.8 Å². The molecule has 0 bridgehead atoms. The lowest BCUT2D eigenvalue weighted by atomic mass is 10.4. The van der Waals surface area contributed by atoms with Gasteiger partial charge in [0, 0.05) is 0 Å². The van der Waals surface area contributed by atoms with Crippen molar-refractivity contribution in [3.63, 3.8) is 0 Å². The molecule has 0 radical (unpaired) electrons. The zero-order chi connectivity index (χ0) is 9.26. The lowest BCUT2D eigenvalue weighted by molar-refractivity contribution is 0.368. The van der Waals surface area contributed by atoms with Gasteiger partial charge in [-0.15, -0.1) is 0 Å². The maximum absolute atomic E-state index is 10.9. The van der Waals surface area contributed by atoms with Crippen LogP contribution in [0.15, 0.2) is 15.5 Å². The number of H-pyrrole nitrogens is 1. The highest BCUT2D eigenvalue weighted by atomic mass is 35.5. The first-order chi connectivity index (χ1) is 6.27. The smallest absolute Gasteiger partial charge is 0.358 e. The minimum atomic E-state index is -0.424. The Kier molecular flexibility index (Phi) is 1.85. The van der Waals surface area contributed by atoms with Gasteiger partial charge in [0.05, 0.1) is 6.20 Å². The standard InChI is InChI=1S/C5H4ClN5O2/c6-3-1-7-13-4(3)2-11-5(12)8-9-10-11/h1H,2H2,(H,8,10,12). The third-order valence-electron chi connectivity index (χ3n) is 1.42. The Labute approximate surface area is 76.3 Å². The van der Waals surface area contributed by atoms with Gasteiger partial charge in [0.25, 0.3) is 0 Å². The number of hydrogen-bond donors (Lipinski definition) is 1. The third-order valence-corrected chi connectivity index (χ3v) is 1.73. The second kappa shape index (κ2) is 3.02. The third kappa shape index (κ3) is 1.45. The van der Waals surface area contributed by atoms with E-state index in [2.05, 4.69) is 20.7 Å². The summed E-state index contributed by atoms with van der Waals surface area (Å²) in [5, 5.41) is 12.7. The van der Waals surface area contributed by atoms with Crippen LogP contribution in [0.3, 0.4) is 0 Å². The quantitative estimate of drug-likeness (QED) is 0.718. The molecule has 13 heavy (non-hydrogen) atoms. The lowest BCUT2D eigenvalue weighted by Crippen LogP contribution is -2.18. The van der Waals surface area contributed by atoms with Crippen LogP contribution >= 0.6 is 11.6 Å². The van der Waals surface area contributed by atoms with Crippen molar-refractivity contribution >= 4 is 11.6 Å². The van der Waals surface area contributed by atoms with Crippen molar-refractivity contribution in [2.24, 2.45) is 0 Å². The van der Waals surface area contributed by atoms with Crippen molar-refractivity contribution in [1.82, 2.24) is 25.4 Å². The van der Waals surface area contributed by atoms with E-state index in [9.17, 15) is 4.79 Å². The van der Waals surface area contributed by atoms with E-state index in [0.717, 1.165) is 4.68 Å². The van der Waals surface area contributed by atoms with Gasteiger partial charge < -0.3 is 4.52 Å². The minimum absolute atomic E-state index is 0.119. The fraction of sp³-hybridized carbons (Fsp3) is 0.200. The highest BCUT2D eigenvalue weighted by Crippen LogP contribution is 2.14.